The molecule has 1 fully saturated rings. The molecule has 1 saturated heterocycles. The van der Waals surface area contributed by atoms with Gasteiger partial charge in [0.05, 0.1) is 0 Å². The molecule has 2 rings (SSSR count). The van der Waals surface area contributed by atoms with Crippen molar-refractivity contribution in [2.24, 2.45) is 0 Å². The van der Waals surface area contributed by atoms with E-state index >= 15 is 0 Å². The average molecular weight is 234 g/mol. The first-order valence-electron chi connectivity index (χ1n) is 6.32. The van der Waals surface area contributed by atoms with Gasteiger partial charge in [-0.2, -0.15) is 0 Å². The number of piperazine rings is 1. The summed E-state index contributed by atoms with van der Waals surface area (Å²) in [7, 11) is 0. The highest BCUT2D eigenvalue weighted by atomic mass is 15.3. The van der Waals surface area contributed by atoms with Crippen LogP contribution in [0.2, 0.25) is 0 Å². The largest absolute Gasteiger partial charge is 0.384 e. The minimum absolute atomic E-state index is 0.614. The number of nitrogens with two attached hydrogens (primary N) is 1. The van der Waals surface area contributed by atoms with Gasteiger partial charge in [-0.05, 0) is 31.5 Å². The SMILES string of the molecule is CC(C)N1CCN(Cc2ccnc(N)c2)CC1. The number of anilines is 1. The Balaban J connectivity index is 1.86. The first-order chi connectivity index (χ1) is 8.15. The molecular weight excluding hydrogens is 212 g/mol. The molecule has 1 aromatic rings. The van der Waals surface area contributed by atoms with Crippen molar-refractivity contribution in [2.45, 2.75) is 26.4 Å². The number of rotatable bonds is 3. The van der Waals surface area contributed by atoms with Gasteiger partial charge in [0.25, 0.3) is 0 Å². The Kier molecular flexibility index (Phi) is 3.97. The molecule has 0 atom stereocenters. The minimum Gasteiger partial charge on any atom is -0.384 e. The predicted molar refractivity (Wildman–Crippen MR) is 70.6 cm³/mol. The summed E-state index contributed by atoms with van der Waals surface area (Å²) in [6, 6.07) is 4.67. The summed E-state index contributed by atoms with van der Waals surface area (Å²) in [4.78, 5) is 9.02. The van der Waals surface area contributed by atoms with Crippen LogP contribution < -0.4 is 5.73 Å². The second-order valence-electron chi connectivity index (χ2n) is 4.99. The molecule has 17 heavy (non-hydrogen) atoms. The van der Waals surface area contributed by atoms with Crippen molar-refractivity contribution in [1.29, 1.82) is 0 Å². The molecule has 0 aliphatic carbocycles. The molecule has 2 heterocycles. The summed E-state index contributed by atoms with van der Waals surface area (Å²) in [5, 5.41) is 0. The van der Waals surface area contributed by atoms with Gasteiger partial charge in [-0.25, -0.2) is 4.98 Å². The minimum atomic E-state index is 0.614. The fourth-order valence-corrected chi connectivity index (χ4v) is 2.29. The van der Waals surface area contributed by atoms with Gasteiger partial charge in [0.1, 0.15) is 5.82 Å². The molecule has 1 aliphatic heterocycles. The Bertz CT molecular complexity index is 356. The van der Waals surface area contributed by atoms with Gasteiger partial charge in [-0.15, -0.1) is 0 Å². The van der Waals surface area contributed by atoms with Crippen LogP contribution in [0.5, 0.6) is 0 Å². The van der Waals surface area contributed by atoms with E-state index in [1.165, 1.54) is 5.56 Å². The van der Waals surface area contributed by atoms with Crippen LogP contribution >= 0.6 is 0 Å². The third-order valence-electron chi connectivity index (χ3n) is 3.39. The number of pyridine rings is 1. The molecule has 0 radical (unpaired) electrons. The van der Waals surface area contributed by atoms with E-state index in [4.69, 9.17) is 5.73 Å². The first-order valence-corrected chi connectivity index (χ1v) is 6.32. The highest BCUT2D eigenvalue weighted by Gasteiger charge is 2.18. The van der Waals surface area contributed by atoms with Crippen LogP contribution in [0.3, 0.4) is 0 Å². The number of aromatic nitrogens is 1. The number of hydrogen-bond donors (Lipinski definition) is 1. The van der Waals surface area contributed by atoms with Crippen molar-refractivity contribution < 1.29 is 0 Å². The van der Waals surface area contributed by atoms with Crippen molar-refractivity contribution in [1.82, 2.24) is 14.8 Å². The Morgan fingerprint density at radius 3 is 2.59 bits per heavy atom. The maximum Gasteiger partial charge on any atom is 0.123 e. The number of nitrogen functional groups attached to an aromatic ring is 1. The normalized spacial score (nSPS) is 18.8. The van der Waals surface area contributed by atoms with Crippen LogP contribution in [0, 0.1) is 0 Å². The van der Waals surface area contributed by atoms with Crippen molar-refractivity contribution in [2.75, 3.05) is 31.9 Å². The lowest BCUT2D eigenvalue weighted by atomic mass is 10.2. The Hall–Kier alpha value is -1.13. The van der Waals surface area contributed by atoms with Crippen LogP contribution in [0.4, 0.5) is 5.82 Å². The summed E-state index contributed by atoms with van der Waals surface area (Å²) >= 11 is 0. The lowest BCUT2D eigenvalue weighted by Crippen LogP contribution is -2.48. The van der Waals surface area contributed by atoms with Crippen molar-refractivity contribution in [3.05, 3.63) is 23.9 Å². The Labute approximate surface area is 103 Å². The van der Waals surface area contributed by atoms with E-state index in [0.717, 1.165) is 32.7 Å². The molecular formula is C13H22N4. The van der Waals surface area contributed by atoms with E-state index in [1.54, 1.807) is 6.20 Å². The number of nitrogens with zero attached hydrogens (tertiary/aromatic N) is 3. The Morgan fingerprint density at radius 2 is 2.00 bits per heavy atom. The first kappa shape index (κ1) is 12.3. The third kappa shape index (κ3) is 3.41. The quantitative estimate of drug-likeness (QED) is 0.853. The molecule has 0 saturated carbocycles. The predicted octanol–water partition coefficient (Wildman–Crippen LogP) is 1.19. The lowest BCUT2D eigenvalue weighted by Gasteiger charge is -2.36. The maximum atomic E-state index is 5.69. The monoisotopic (exact) mass is 234 g/mol. The molecule has 4 nitrogen and oxygen atoms in total. The molecule has 94 valence electrons. The van der Waals surface area contributed by atoms with Gasteiger partial charge in [0, 0.05) is 45.0 Å². The molecule has 0 amide bonds. The number of hydrogen-bond acceptors (Lipinski definition) is 4. The van der Waals surface area contributed by atoms with Gasteiger partial charge < -0.3 is 5.73 Å². The zero-order valence-electron chi connectivity index (χ0n) is 10.8. The van der Waals surface area contributed by atoms with Crippen LogP contribution in [0.25, 0.3) is 0 Å². The molecule has 0 aromatic carbocycles. The van der Waals surface area contributed by atoms with Crippen LogP contribution in [0.1, 0.15) is 19.4 Å². The van der Waals surface area contributed by atoms with Gasteiger partial charge in [0.2, 0.25) is 0 Å². The van der Waals surface area contributed by atoms with E-state index in [9.17, 15) is 0 Å². The summed E-state index contributed by atoms with van der Waals surface area (Å²) in [6.45, 7) is 10.1. The highest BCUT2D eigenvalue weighted by Crippen LogP contribution is 2.11. The second-order valence-corrected chi connectivity index (χ2v) is 4.99. The zero-order valence-corrected chi connectivity index (χ0v) is 10.8. The molecule has 0 unspecified atom stereocenters. The fraction of sp³-hybridized carbons (Fsp3) is 0.615. The highest BCUT2D eigenvalue weighted by molar-refractivity contribution is 5.31. The smallest absolute Gasteiger partial charge is 0.123 e. The van der Waals surface area contributed by atoms with Crippen molar-refractivity contribution in [3.63, 3.8) is 0 Å². The van der Waals surface area contributed by atoms with E-state index in [-0.39, 0.29) is 0 Å². The van der Waals surface area contributed by atoms with Gasteiger partial charge in [0.15, 0.2) is 0 Å². The third-order valence-corrected chi connectivity index (χ3v) is 3.39. The summed E-state index contributed by atoms with van der Waals surface area (Å²) < 4.78 is 0. The summed E-state index contributed by atoms with van der Waals surface area (Å²) in [5.41, 5.74) is 6.95. The van der Waals surface area contributed by atoms with E-state index in [1.807, 2.05) is 12.1 Å². The second kappa shape index (κ2) is 5.47. The molecule has 2 N–H and O–H groups in total. The maximum absolute atomic E-state index is 5.69. The molecule has 0 spiro atoms. The molecule has 1 aromatic heterocycles. The van der Waals surface area contributed by atoms with Gasteiger partial charge in [-0.3, -0.25) is 9.80 Å². The average Bonchev–Trinajstić information content (AvgIpc) is 2.29. The standard InChI is InChI=1S/C13H22N4/c1-11(2)17-7-5-16(6-8-17)10-12-3-4-15-13(14)9-12/h3-4,9,11H,5-8,10H2,1-2H3,(H2,14,15). The van der Waals surface area contributed by atoms with E-state index in [2.05, 4.69) is 28.6 Å². The van der Waals surface area contributed by atoms with Crippen molar-refractivity contribution in [3.8, 4) is 0 Å². The van der Waals surface area contributed by atoms with Crippen LogP contribution in [-0.4, -0.2) is 47.0 Å². The molecule has 4 heteroatoms. The van der Waals surface area contributed by atoms with Crippen LogP contribution in [-0.2, 0) is 6.54 Å². The Morgan fingerprint density at radius 1 is 1.29 bits per heavy atom. The molecule has 1 aliphatic rings. The topological polar surface area (TPSA) is 45.4 Å². The van der Waals surface area contributed by atoms with Gasteiger partial charge >= 0.3 is 0 Å². The zero-order chi connectivity index (χ0) is 12.3. The lowest BCUT2D eigenvalue weighted by molar-refractivity contribution is 0.104. The van der Waals surface area contributed by atoms with Gasteiger partial charge in [-0.1, -0.05) is 0 Å². The summed E-state index contributed by atoms with van der Waals surface area (Å²) in [5.74, 6) is 0.614. The molecule has 0 bridgehead atoms. The van der Waals surface area contributed by atoms with E-state index < -0.39 is 0 Å². The van der Waals surface area contributed by atoms with Crippen molar-refractivity contribution >= 4 is 5.82 Å². The van der Waals surface area contributed by atoms with Crippen LogP contribution in [0.15, 0.2) is 18.3 Å². The van der Waals surface area contributed by atoms with E-state index in [0.29, 0.717) is 11.9 Å². The fourth-order valence-electron chi connectivity index (χ4n) is 2.29. The summed E-state index contributed by atoms with van der Waals surface area (Å²) in [6.07, 6.45) is 1.79.